The quantitative estimate of drug-likeness (QED) is 0.315. The van der Waals surface area contributed by atoms with Gasteiger partial charge in [0.25, 0.3) is 5.95 Å². The monoisotopic (exact) mass is 444 g/mol. The molecule has 0 aliphatic carbocycles. The number of H-pyrrole nitrogens is 1. The molecule has 5 rings (SSSR count). The second-order valence-corrected chi connectivity index (χ2v) is 7.42. The van der Waals surface area contributed by atoms with Crippen LogP contribution in [0.25, 0.3) is 10.9 Å². The van der Waals surface area contributed by atoms with E-state index >= 15 is 0 Å². The third-order valence-electron chi connectivity index (χ3n) is 5.20. The molecule has 2 N–H and O–H groups in total. The number of anilines is 2. The minimum Gasteiger partial charge on any atom is -0.463 e. The number of nitrogens with zero attached hydrogens (tertiary/aromatic N) is 6. The molecule has 0 spiro atoms. The second-order valence-electron chi connectivity index (χ2n) is 7.42. The minimum atomic E-state index is 0.243. The predicted molar refractivity (Wildman–Crippen MR) is 126 cm³/mol. The van der Waals surface area contributed by atoms with Gasteiger partial charge in [-0.1, -0.05) is 24.3 Å². The van der Waals surface area contributed by atoms with Crippen LogP contribution in [0.1, 0.15) is 11.3 Å². The molecule has 0 saturated carbocycles. The molecule has 0 atom stereocenters. The highest BCUT2D eigenvalue weighted by molar-refractivity contribution is 5.99. The van der Waals surface area contributed by atoms with Gasteiger partial charge in [-0.25, -0.2) is 5.43 Å². The van der Waals surface area contributed by atoms with E-state index in [1.165, 1.54) is 0 Å². The number of hydrazone groups is 1. The highest BCUT2D eigenvalue weighted by Gasteiger charge is 2.17. The summed E-state index contributed by atoms with van der Waals surface area (Å²) in [6.07, 6.45) is 6.07. The fraction of sp³-hybridized carbons (Fsp3) is 0.261. The maximum Gasteiger partial charge on any atom is 0.323 e. The van der Waals surface area contributed by atoms with E-state index in [1.807, 2.05) is 53.6 Å². The number of ether oxygens (including phenoxy) is 2. The molecule has 4 aromatic rings. The number of aromatic nitrogens is 5. The van der Waals surface area contributed by atoms with Crippen LogP contribution in [0.2, 0.25) is 0 Å². The maximum absolute atomic E-state index is 5.83. The Balaban J connectivity index is 1.31. The molecular formula is C23H24N8O2. The zero-order chi connectivity index (χ0) is 22.3. The first-order chi connectivity index (χ1) is 16.3. The first kappa shape index (κ1) is 20.8. The molecule has 10 nitrogen and oxygen atoms in total. The van der Waals surface area contributed by atoms with Gasteiger partial charge in [0.15, 0.2) is 0 Å². The van der Waals surface area contributed by atoms with Crippen LogP contribution in [-0.2, 0) is 11.2 Å². The van der Waals surface area contributed by atoms with Gasteiger partial charge in [-0.05, 0) is 18.2 Å². The van der Waals surface area contributed by atoms with Gasteiger partial charge < -0.3 is 19.4 Å². The number of hydrogen-bond donors (Lipinski definition) is 2. The lowest BCUT2D eigenvalue weighted by Crippen LogP contribution is -2.37. The number of aromatic amines is 1. The molecule has 1 aliphatic heterocycles. The van der Waals surface area contributed by atoms with Crippen LogP contribution in [0.3, 0.4) is 0 Å². The largest absolute Gasteiger partial charge is 0.463 e. The Morgan fingerprint density at radius 1 is 1.09 bits per heavy atom. The van der Waals surface area contributed by atoms with Crippen molar-refractivity contribution < 1.29 is 9.47 Å². The number of morpholine rings is 1. The van der Waals surface area contributed by atoms with Gasteiger partial charge in [0.2, 0.25) is 5.95 Å². The fourth-order valence-electron chi connectivity index (χ4n) is 3.52. The number of benzene rings is 1. The maximum atomic E-state index is 5.83. The summed E-state index contributed by atoms with van der Waals surface area (Å²) in [7, 11) is 0. The first-order valence-corrected chi connectivity index (χ1v) is 10.8. The van der Waals surface area contributed by atoms with Gasteiger partial charge in [0.1, 0.15) is 0 Å². The molecule has 1 fully saturated rings. The second kappa shape index (κ2) is 10.0. The molecule has 3 aromatic heterocycles. The predicted octanol–water partition coefficient (Wildman–Crippen LogP) is 2.65. The highest BCUT2D eigenvalue weighted by Crippen LogP contribution is 2.18. The Labute approximate surface area is 190 Å². The summed E-state index contributed by atoms with van der Waals surface area (Å²) < 4.78 is 11.3. The molecule has 0 bridgehead atoms. The molecule has 168 valence electrons. The number of pyridine rings is 1. The van der Waals surface area contributed by atoms with Gasteiger partial charge >= 0.3 is 6.01 Å². The van der Waals surface area contributed by atoms with Crippen molar-refractivity contribution in [2.45, 2.75) is 6.42 Å². The van der Waals surface area contributed by atoms with E-state index in [2.05, 4.69) is 35.4 Å². The van der Waals surface area contributed by atoms with Crippen LogP contribution < -0.4 is 15.1 Å². The lowest BCUT2D eigenvalue weighted by Gasteiger charge is -2.26. The van der Waals surface area contributed by atoms with E-state index in [4.69, 9.17) is 9.47 Å². The summed E-state index contributed by atoms with van der Waals surface area (Å²) in [5, 5.41) is 5.42. The Bertz CT molecular complexity index is 1220. The SMILES string of the molecule is C(=NNc1nc(OCCc2ccccn2)nc(N2CCOCC2)n1)c1c[nH]c2ccccc12. The van der Waals surface area contributed by atoms with E-state index in [9.17, 15) is 0 Å². The number of hydrogen-bond acceptors (Lipinski definition) is 9. The normalized spacial score (nSPS) is 14.1. The van der Waals surface area contributed by atoms with Crippen molar-refractivity contribution in [1.29, 1.82) is 0 Å². The fourth-order valence-corrected chi connectivity index (χ4v) is 3.52. The molecule has 0 unspecified atom stereocenters. The van der Waals surface area contributed by atoms with Crippen molar-refractivity contribution in [2.24, 2.45) is 5.10 Å². The molecule has 1 aromatic carbocycles. The molecule has 1 aliphatic rings. The molecule has 33 heavy (non-hydrogen) atoms. The number of rotatable bonds is 8. The average molecular weight is 444 g/mol. The third-order valence-corrected chi connectivity index (χ3v) is 5.20. The lowest BCUT2D eigenvalue weighted by atomic mass is 10.2. The summed E-state index contributed by atoms with van der Waals surface area (Å²) in [5.41, 5.74) is 5.88. The van der Waals surface area contributed by atoms with Crippen LogP contribution in [-0.4, -0.2) is 64.0 Å². The van der Waals surface area contributed by atoms with Crippen molar-refractivity contribution >= 4 is 29.0 Å². The number of para-hydroxylation sites is 1. The summed E-state index contributed by atoms with van der Waals surface area (Å²) >= 11 is 0. The lowest BCUT2D eigenvalue weighted by molar-refractivity contribution is 0.122. The molecular weight excluding hydrogens is 420 g/mol. The van der Waals surface area contributed by atoms with E-state index in [-0.39, 0.29) is 6.01 Å². The van der Waals surface area contributed by atoms with Crippen molar-refractivity contribution in [2.75, 3.05) is 43.2 Å². The van der Waals surface area contributed by atoms with Gasteiger partial charge in [-0.2, -0.15) is 20.1 Å². The van der Waals surface area contributed by atoms with Crippen molar-refractivity contribution in [3.63, 3.8) is 0 Å². The van der Waals surface area contributed by atoms with Gasteiger partial charge in [0, 0.05) is 54.1 Å². The standard InChI is InChI=1S/C23H24N8O2/c1-2-7-20-19(6-1)17(15-25-20)16-26-30-21-27-22(31-10-13-32-14-11-31)29-23(28-21)33-12-8-18-5-3-4-9-24-18/h1-7,9,15-16,25H,8,10-14H2,(H,27,28,29,30). The number of nitrogens with one attached hydrogen (secondary N) is 2. The topological polar surface area (TPSA) is 113 Å². The first-order valence-electron chi connectivity index (χ1n) is 10.8. The highest BCUT2D eigenvalue weighted by atomic mass is 16.5. The van der Waals surface area contributed by atoms with Gasteiger partial charge in [-0.3, -0.25) is 4.98 Å². The summed E-state index contributed by atoms with van der Waals surface area (Å²) in [4.78, 5) is 23.0. The summed E-state index contributed by atoms with van der Waals surface area (Å²) in [5.74, 6) is 0.848. The summed E-state index contributed by atoms with van der Waals surface area (Å²) in [6.45, 7) is 3.07. The Morgan fingerprint density at radius 3 is 2.85 bits per heavy atom. The van der Waals surface area contributed by atoms with E-state index in [0.717, 1.165) is 22.2 Å². The number of fused-ring (bicyclic) bond motifs is 1. The Hall–Kier alpha value is -4.05. The van der Waals surface area contributed by atoms with Crippen LogP contribution in [0.4, 0.5) is 11.9 Å². The molecule has 4 heterocycles. The Kier molecular flexibility index (Phi) is 6.34. The van der Waals surface area contributed by atoms with E-state index in [1.54, 1.807) is 12.4 Å². The van der Waals surface area contributed by atoms with Crippen molar-refractivity contribution in [1.82, 2.24) is 24.9 Å². The zero-order valence-electron chi connectivity index (χ0n) is 18.0. The van der Waals surface area contributed by atoms with Gasteiger partial charge in [-0.15, -0.1) is 0 Å². The molecule has 10 heteroatoms. The van der Waals surface area contributed by atoms with Crippen LogP contribution in [0, 0.1) is 0 Å². The average Bonchev–Trinajstić information content (AvgIpc) is 3.28. The van der Waals surface area contributed by atoms with Crippen LogP contribution in [0.5, 0.6) is 6.01 Å². The van der Waals surface area contributed by atoms with Crippen molar-refractivity contribution in [3.05, 3.63) is 66.1 Å². The van der Waals surface area contributed by atoms with Crippen LogP contribution >= 0.6 is 0 Å². The summed E-state index contributed by atoms with van der Waals surface area (Å²) in [6, 6.07) is 14.1. The van der Waals surface area contributed by atoms with Crippen molar-refractivity contribution in [3.8, 4) is 6.01 Å². The van der Waals surface area contributed by atoms with E-state index < -0.39 is 0 Å². The van der Waals surface area contributed by atoms with E-state index in [0.29, 0.717) is 51.2 Å². The van der Waals surface area contributed by atoms with Crippen LogP contribution in [0.15, 0.2) is 60.0 Å². The minimum absolute atomic E-state index is 0.243. The zero-order valence-corrected chi connectivity index (χ0v) is 18.0. The smallest absolute Gasteiger partial charge is 0.323 e. The molecule has 0 amide bonds. The van der Waals surface area contributed by atoms with Gasteiger partial charge in [0.05, 0.1) is 26.0 Å². The molecule has 0 radical (unpaired) electrons. The molecule has 1 saturated heterocycles. The Morgan fingerprint density at radius 2 is 1.97 bits per heavy atom. The third kappa shape index (κ3) is 5.24.